The minimum Gasteiger partial charge on any atom is -0.392 e. The van der Waals surface area contributed by atoms with Crippen molar-refractivity contribution in [3.8, 4) is 0 Å². The van der Waals surface area contributed by atoms with Gasteiger partial charge in [0.25, 0.3) is 6.43 Å². The van der Waals surface area contributed by atoms with Crippen molar-refractivity contribution < 1.29 is 27.1 Å². The third kappa shape index (κ3) is 2.38. The van der Waals surface area contributed by atoms with Crippen molar-refractivity contribution >= 4 is 5.82 Å². The van der Waals surface area contributed by atoms with E-state index in [-0.39, 0.29) is 6.07 Å². The number of rotatable bonds is 2. The summed E-state index contributed by atoms with van der Waals surface area (Å²) in [6, 6.07) is 0.187. The van der Waals surface area contributed by atoms with E-state index in [1.807, 2.05) is 0 Å². The van der Waals surface area contributed by atoms with Gasteiger partial charge in [-0.05, 0) is 6.07 Å². The highest BCUT2D eigenvalue weighted by Gasteiger charge is 2.34. The van der Waals surface area contributed by atoms with Gasteiger partial charge in [0.1, 0.15) is 11.5 Å². The van der Waals surface area contributed by atoms with Crippen molar-refractivity contribution in [2.24, 2.45) is 0 Å². The molecule has 0 unspecified atom stereocenters. The lowest BCUT2D eigenvalue weighted by Crippen LogP contribution is -2.13. The molecule has 0 amide bonds. The minimum absolute atomic E-state index is 0.187. The summed E-state index contributed by atoms with van der Waals surface area (Å²) in [5.74, 6) is -0.743. The van der Waals surface area contributed by atoms with E-state index in [0.717, 1.165) is 0 Å². The van der Waals surface area contributed by atoms with Crippen LogP contribution in [0, 0.1) is 0 Å². The van der Waals surface area contributed by atoms with Crippen LogP contribution in [0.25, 0.3) is 0 Å². The largest absolute Gasteiger partial charge is 0.433 e. The number of aromatic nitrogens is 1. The summed E-state index contributed by atoms with van der Waals surface area (Å²) in [6.07, 6.45) is -8.01. The van der Waals surface area contributed by atoms with E-state index in [9.17, 15) is 22.0 Å². The normalized spacial score (nSPS) is 12.2. The number of anilines is 1. The zero-order chi connectivity index (χ0) is 12.5. The van der Waals surface area contributed by atoms with E-state index in [2.05, 4.69) is 4.98 Å². The van der Waals surface area contributed by atoms with Crippen molar-refractivity contribution in [1.82, 2.24) is 4.98 Å². The molecule has 0 bridgehead atoms. The van der Waals surface area contributed by atoms with Gasteiger partial charge in [0.05, 0.1) is 6.61 Å². The van der Waals surface area contributed by atoms with Crippen molar-refractivity contribution in [2.75, 3.05) is 5.73 Å². The molecule has 1 aromatic heterocycles. The second-order valence-corrected chi connectivity index (χ2v) is 2.92. The summed E-state index contributed by atoms with van der Waals surface area (Å²) in [4.78, 5) is 2.92. The third-order valence-corrected chi connectivity index (χ3v) is 1.87. The predicted molar refractivity (Wildman–Crippen MR) is 44.5 cm³/mol. The Hall–Kier alpha value is -1.44. The Kier molecular flexibility index (Phi) is 3.32. The molecule has 0 fully saturated rings. The summed E-state index contributed by atoms with van der Waals surface area (Å²) in [5, 5.41) is 8.71. The maximum absolute atomic E-state index is 12.4. The van der Waals surface area contributed by atoms with Crippen molar-refractivity contribution in [1.29, 1.82) is 0 Å². The van der Waals surface area contributed by atoms with Gasteiger partial charge in [-0.1, -0.05) is 0 Å². The highest BCUT2D eigenvalue weighted by atomic mass is 19.4. The molecule has 1 rings (SSSR count). The maximum atomic E-state index is 12.4. The maximum Gasteiger partial charge on any atom is 0.433 e. The van der Waals surface area contributed by atoms with E-state index in [4.69, 9.17) is 10.8 Å². The Morgan fingerprint density at radius 1 is 1.38 bits per heavy atom. The highest BCUT2D eigenvalue weighted by molar-refractivity contribution is 5.46. The second-order valence-electron chi connectivity index (χ2n) is 2.92. The molecule has 0 saturated carbocycles. The monoisotopic (exact) mass is 242 g/mol. The molecule has 3 nitrogen and oxygen atoms in total. The highest BCUT2D eigenvalue weighted by Crippen LogP contribution is 2.34. The summed E-state index contributed by atoms with van der Waals surface area (Å²) in [5.41, 5.74) is 2.12. The Morgan fingerprint density at radius 2 is 1.94 bits per heavy atom. The Morgan fingerprint density at radius 3 is 2.31 bits per heavy atom. The molecule has 0 saturated heterocycles. The molecule has 16 heavy (non-hydrogen) atoms. The lowest BCUT2D eigenvalue weighted by atomic mass is 10.1. The second kappa shape index (κ2) is 4.20. The van der Waals surface area contributed by atoms with Crippen LogP contribution >= 0.6 is 0 Å². The van der Waals surface area contributed by atoms with Gasteiger partial charge in [-0.25, -0.2) is 13.8 Å². The van der Waals surface area contributed by atoms with Gasteiger partial charge in [-0.15, -0.1) is 0 Å². The summed E-state index contributed by atoms with van der Waals surface area (Å²) < 4.78 is 61.5. The number of nitrogens with zero attached hydrogens (tertiary/aromatic N) is 1. The molecule has 0 spiro atoms. The Bertz CT molecular complexity index is 391. The van der Waals surface area contributed by atoms with Crippen LogP contribution in [0.1, 0.15) is 23.2 Å². The van der Waals surface area contributed by atoms with Gasteiger partial charge >= 0.3 is 6.18 Å². The topological polar surface area (TPSA) is 59.1 Å². The number of hydrogen-bond acceptors (Lipinski definition) is 3. The standard InChI is InChI=1S/C8H7F5N2O/c9-6(10)3-1-5(8(11,12)13)15-7(14)4(3)2-16/h1,6,16H,2H2,(H2,14,15). The number of aliphatic hydroxyl groups is 1. The summed E-state index contributed by atoms with van der Waals surface area (Å²) >= 11 is 0. The first-order chi connectivity index (χ1) is 7.27. The smallest absolute Gasteiger partial charge is 0.392 e. The first-order valence-corrected chi connectivity index (χ1v) is 4.03. The molecule has 0 aliphatic rings. The number of hydrogen-bond donors (Lipinski definition) is 2. The lowest BCUT2D eigenvalue weighted by molar-refractivity contribution is -0.141. The van der Waals surface area contributed by atoms with E-state index in [1.165, 1.54) is 0 Å². The average Bonchev–Trinajstić information content (AvgIpc) is 2.14. The van der Waals surface area contributed by atoms with Gasteiger partial charge in [0.15, 0.2) is 0 Å². The molecule has 90 valence electrons. The zero-order valence-corrected chi connectivity index (χ0v) is 7.72. The van der Waals surface area contributed by atoms with Crippen LogP contribution in [0.2, 0.25) is 0 Å². The zero-order valence-electron chi connectivity index (χ0n) is 7.72. The van der Waals surface area contributed by atoms with Crippen LogP contribution in [-0.2, 0) is 12.8 Å². The Balaban J connectivity index is 3.40. The molecule has 0 radical (unpaired) electrons. The molecular formula is C8H7F5N2O. The number of halogens is 5. The van der Waals surface area contributed by atoms with Gasteiger partial charge in [-0.3, -0.25) is 0 Å². The van der Waals surface area contributed by atoms with Crippen LogP contribution in [0.15, 0.2) is 6.07 Å². The fourth-order valence-electron chi connectivity index (χ4n) is 1.12. The van der Waals surface area contributed by atoms with Crippen LogP contribution < -0.4 is 5.73 Å². The number of alkyl halides is 5. The van der Waals surface area contributed by atoms with E-state index < -0.39 is 41.8 Å². The van der Waals surface area contributed by atoms with E-state index >= 15 is 0 Å². The SMILES string of the molecule is Nc1nc(C(F)(F)F)cc(C(F)F)c1CO. The van der Waals surface area contributed by atoms with Crippen molar-refractivity contribution in [3.05, 3.63) is 22.9 Å². The van der Waals surface area contributed by atoms with E-state index in [1.54, 1.807) is 0 Å². The van der Waals surface area contributed by atoms with Gasteiger partial charge in [0, 0.05) is 11.1 Å². The minimum atomic E-state index is -4.86. The molecule has 3 N–H and O–H groups in total. The van der Waals surface area contributed by atoms with Gasteiger partial charge in [-0.2, -0.15) is 13.2 Å². The molecule has 8 heteroatoms. The quantitative estimate of drug-likeness (QED) is 0.781. The van der Waals surface area contributed by atoms with E-state index in [0.29, 0.717) is 0 Å². The third-order valence-electron chi connectivity index (χ3n) is 1.87. The van der Waals surface area contributed by atoms with Crippen molar-refractivity contribution in [3.63, 3.8) is 0 Å². The fraction of sp³-hybridized carbons (Fsp3) is 0.375. The molecule has 1 aromatic rings. The molecule has 0 aliphatic carbocycles. The first kappa shape index (κ1) is 12.6. The molecule has 1 heterocycles. The summed E-state index contributed by atoms with van der Waals surface area (Å²) in [7, 11) is 0. The molecule has 0 aromatic carbocycles. The molecule has 0 aliphatic heterocycles. The van der Waals surface area contributed by atoms with Crippen LogP contribution in [0.3, 0.4) is 0 Å². The molecular weight excluding hydrogens is 235 g/mol. The Labute approximate surface area is 86.7 Å². The predicted octanol–water partition coefficient (Wildman–Crippen LogP) is 2.11. The average molecular weight is 242 g/mol. The van der Waals surface area contributed by atoms with Crippen molar-refractivity contribution in [2.45, 2.75) is 19.2 Å². The first-order valence-electron chi connectivity index (χ1n) is 4.03. The van der Waals surface area contributed by atoms with Crippen LogP contribution in [0.4, 0.5) is 27.8 Å². The van der Waals surface area contributed by atoms with Crippen LogP contribution in [0.5, 0.6) is 0 Å². The molecule has 0 atom stereocenters. The fourth-order valence-corrected chi connectivity index (χ4v) is 1.12. The number of nitrogens with two attached hydrogens (primary N) is 1. The van der Waals surface area contributed by atoms with Gasteiger partial charge < -0.3 is 10.8 Å². The van der Waals surface area contributed by atoms with Crippen LogP contribution in [-0.4, -0.2) is 10.1 Å². The lowest BCUT2D eigenvalue weighted by Gasteiger charge is -2.13. The number of aliphatic hydroxyl groups excluding tert-OH is 1. The number of pyridine rings is 1. The van der Waals surface area contributed by atoms with Gasteiger partial charge in [0.2, 0.25) is 0 Å². The summed E-state index contributed by atoms with van der Waals surface area (Å²) in [6.45, 7) is -0.892. The number of nitrogen functional groups attached to an aromatic ring is 1.